The maximum absolute atomic E-state index is 5.97. The Kier molecular flexibility index (Phi) is 4.14. The minimum Gasteiger partial charge on any atom is -0.381 e. The molecule has 0 spiro atoms. The molecule has 5 heteroatoms. The van der Waals surface area contributed by atoms with E-state index in [0.717, 1.165) is 45.5 Å². The number of aromatic nitrogens is 3. The number of H-pyrrole nitrogens is 1. The molecule has 0 bridgehead atoms. The number of rotatable bonds is 2. The number of pyridine rings is 1. The molecule has 136 valence electrons. The van der Waals surface area contributed by atoms with Crippen molar-refractivity contribution >= 4 is 21.7 Å². The Labute approximate surface area is 153 Å². The summed E-state index contributed by atoms with van der Waals surface area (Å²) in [6, 6.07) is 4.56. The number of nitrogens with zero attached hydrogens (tertiary/aromatic N) is 2. The fraction of sp³-hybridized carbons (Fsp3) is 0.524. The molecule has 2 fully saturated rings. The minimum absolute atomic E-state index is 0.120. The molecule has 2 aliphatic rings. The summed E-state index contributed by atoms with van der Waals surface area (Å²) in [7, 11) is 0. The fourth-order valence-electron chi connectivity index (χ4n) is 4.51. The van der Waals surface area contributed by atoms with Crippen LogP contribution in [0.5, 0.6) is 0 Å². The van der Waals surface area contributed by atoms with Crippen LogP contribution in [0.4, 0.5) is 0 Å². The lowest BCUT2D eigenvalue weighted by Crippen LogP contribution is -2.44. The first kappa shape index (κ1) is 16.2. The van der Waals surface area contributed by atoms with Crippen LogP contribution in [-0.2, 0) is 9.47 Å². The second-order valence-electron chi connectivity index (χ2n) is 7.62. The molecule has 0 aliphatic carbocycles. The summed E-state index contributed by atoms with van der Waals surface area (Å²) in [5.74, 6) is 0.524. The number of fused-ring (bicyclic) bond motifs is 2. The van der Waals surface area contributed by atoms with Crippen LogP contribution in [0.1, 0.15) is 55.5 Å². The van der Waals surface area contributed by atoms with Gasteiger partial charge in [-0.25, -0.2) is 0 Å². The Morgan fingerprint density at radius 1 is 1.08 bits per heavy atom. The Morgan fingerprint density at radius 2 is 1.96 bits per heavy atom. The van der Waals surface area contributed by atoms with Gasteiger partial charge in [0.2, 0.25) is 5.52 Å². The van der Waals surface area contributed by atoms with Crippen LogP contribution in [0.2, 0.25) is 0 Å². The van der Waals surface area contributed by atoms with Crippen molar-refractivity contribution < 1.29 is 14.2 Å². The Morgan fingerprint density at radius 3 is 2.77 bits per heavy atom. The second-order valence-corrected chi connectivity index (χ2v) is 7.62. The van der Waals surface area contributed by atoms with Crippen LogP contribution >= 0.6 is 0 Å². The monoisotopic (exact) mass is 352 g/mol. The maximum atomic E-state index is 5.97. The average Bonchev–Trinajstić information content (AvgIpc) is 3.11. The van der Waals surface area contributed by atoms with Gasteiger partial charge in [0.25, 0.3) is 6.23 Å². The second kappa shape index (κ2) is 6.63. The largest absolute Gasteiger partial charge is 0.381 e. The molecule has 2 saturated heterocycles. The van der Waals surface area contributed by atoms with Gasteiger partial charge in [-0.2, -0.15) is 5.10 Å². The molecular formula is C21H26N3O2+. The zero-order chi connectivity index (χ0) is 17.5. The minimum atomic E-state index is 0.120. The summed E-state index contributed by atoms with van der Waals surface area (Å²) in [6.07, 6.45) is 9.87. The highest BCUT2D eigenvalue weighted by Crippen LogP contribution is 2.32. The van der Waals surface area contributed by atoms with Crippen LogP contribution in [-0.4, -0.2) is 29.9 Å². The first-order valence-electron chi connectivity index (χ1n) is 9.82. The predicted octanol–water partition coefficient (Wildman–Crippen LogP) is 3.91. The maximum Gasteiger partial charge on any atom is 0.286 e. The summed E-state index contributed by atoms with van der Waals surface area (Å²) in [6.45, 7) is 4.77. The standard InChI is InChI=1S/C21H25N3O2/c1-14-18-10-17-13-23-24(20-4-2-3-7-26-20)19(17)11-16(18)12-22-21(14)15-5-8-25-9-6-15/h10-13,15,20H,2-9H2,1H3/p+1. The van der Waals surface area contributed by atoms with Gasteiger partial charge in [0.1, 0.15) is 0 Å². The van der Waals surface area contributed by atoms with Gasteiger partial charge in [0.15, 0.2) is 0 Å². The molecule has 1 aromatic carbocycles. The molecule has 0 radical (unpaired) electrons. The molecule has 3 aromatic rings. The molecule has 1 atom stereocenters. The van der Waals surface area contributed by atoms with Gasteiger partial charge in [-0.3, -0.25) is 4.98 Å². The Hall–Kier alpha value is -1.98. The van der Waals surface area contributed by atoms with E-state index < -0.39 is 0 Å². The number of benzene rings is 1. The van der Waals surface area contributed by atoms with Crippen LogP contribution in [0.3, 0.4) is 0 Å². The van der Waals surface area contributed by atoms with Crippen molar-refractivity contribution in [1.82, 2.24) is 10.1 Å². The van der Waals surface area contributed by atoms with Gasteiger partial charge < -0.3 is 9.47 Å². The summed E-state index contributed by atoms with van der Waals surface area (Å²) in [4.78, 5) is 4.86. The lowest BCUT2D eigenvalue weighted by Gasteiger charge is -2.23. The third-order valence-corrected chi connectivity index (χ3v) is 6.00. The molecule has 1 N–H and O–H groups in total. The van der Waals surface area contributed by atoms with Gasteiger partial charge in [0.05, 0.1) is 18.2 Å². The van der Waals surface area contributed by atoms with Crippen molar-refractivity contribution in [2.45, 2.75) is 51.2 Å². The van der Waals surface area contributed by atoms with Crippen LogP contribution in [0, 0.1) is 6.92 Å². The quantitative estimate of drug-likeness (QED) is 0.712. The van der Waals surface area contributed by atoms with Crippen molar-refractivity contribution in [3.8, 4) is 0 Å². The highest BCUT2D eigenvalue weighted by atomic mass is 16.5. The molecule has 26 heavy (non-hydrogen) atoms. The zero-order valence-corrected chi connectivity index (χ0v) is 15.3. The van der Waals surface area contributed by atoms with Crippen molar-refractivity contribution in [3.63, 3.8) is 0 Å². The molecule has 5 rings (SSSR count). The highest BCUT2D eigenvalue weighted by molar-refractivity contribution is 5.96. The molecule has 4 heterocycles. The SMILES string of the molecule is Cc1c(C2CCOCC2)ncc2cc3c(c[nH][n+]3C3CCCCO3)cc12. The molecule has 0 amide bonds. The smallest absolute Gasteiger partial charge is 0.286 e. The summed E-state index contributed by atoms with van der Waals surface area (Å²) in [5.41, 5.74) is 3.77. The molecule has 0 saturated carbocycles. The van der Waals surface area contributed by atoms with Gasteiger partial charge in [-0.1, -0.05) is 4.68 Å². The number of ether oxygens (including phenoxy) is 2. The number of aryl methyl sites for hydroxylation is 1. The highest BCUT2D eigenvalue weighted by Gasteiger charge is 2.27. The summed E-state index contributed by atoms with van der Waals surface area (Å²) in [5, 5.41) is 7.16. The Bertz CT molecular complexity index is 937. The van der Waals surface area contributed by atoms with Gasteiger partial charge in [0, 0.05) is 48.9 Å². The summed E-state index contributed by atoms with van der Waals surface area (Å²) >= 11 is 0. The van der Waals surface area contributed by atoms with E-state index >= 15 is 0 Å². The van der Waals surface area contributed by atoms with Crippen molar-refractivity contribution in [2.24, 2.45) is 0 Å². The van der Waals surface area contributed by atoms with E-state index in [0.29, 0.717) is 5.92 Å². The van der Waals surface area contributed by atoms with Crippen LogP contribution in [0.25, 0.3) is 21.7 Å². The van der Waals surface area contributed by atoms with Crippen molar-refractivity contribution in [1.29, 1.82) is 0 Å². The molecule has 5 nitrogen and oxygen atoms in total. The normalized spacial score (nSPS) is 22.3. The van der Waals surface area contributed by atoms with Gasteiger partial charge in [-0.15, -0.1) is 0 Å². The average molecular weight is 352 g/mol. The number of hydrogen-bond donors (Lipinski definition) is 1. The van der Waals surface area contributed by atoms with E-state index in [2.05, 4.69) is 35.0 Å². The summed E-state index contributed by atoms with van der Waals surface area (Å²) < 4.78 is 13.7. The number of hydrogen-bond acceptors (Lipinski definition) is 3. The van der Waals surface area contributed by atoms with Crippen molar-refractivity contribution in [2.75, 3.05) is 19.8 Å². The topological polar surface area (TPSA) is 51.0 Å². The fourth-order valence-corrected chi connectivity index (χ4v) is 4.51. The zero-order valence-electron chi connectivity index (χ0n) is 15.3. The van der Waals surface area contributed by atoms with Gasteiger partial charge in [-0.05, 0) is 49.6 Å². The van der Waals surface area contributed by atoms with E-state index in [9.17, 15) is 0 Å². The van der Waals surface area contributed by atoms with Crippen LogP contribution < -0.4 is 4.68 Å². The first-order valence-corrected chi connectivity index (χ1v) is 9.82. The van der Waals surface area contributed by atoms with Crippen LogP contribution in [0.15, 0.2) is 24.5 Å². The molecular weight excluding hydrogens is 326 g/mol. The van der Waals surface area contributed by atoms with E-state index in [1.807, 2.05) is 6.20 Å². The predicted molar refractivity (Wildman–Crippen MR) is 100 cm³/mol. The third kappa shape index (κ3) is 2.70. The number of aromatic amines is 1. The van der Waals surface area contributed by atoms with E-state index in [-0.39, 0.29) is 6.23 Å². The first-order chi connectivity index (χ1) is 12.8. The third-order valence-electron chi connectivity index (χ3n) is 6.00. The van der Waals surface area contributed by atoms with E-state index in [1.165, 1.54) is 39.4 Å². The molecule has 2 aliphatic heterocycles. The number of nitrogens with one attached hydrogen (secondary N) is 1. The van der Waals surface area contributed by atoms with E-state index in [1.54, 1.807) is 0 Å². The lowest BCUT2D eigenvalue weighted by molar-refractivity contribution is -0.790. The lowest BCUT2D eigenvalue weighted by atomic mass is 9.91. The van der Waals surface area contributed by atoms with Crippen molar-refractivity contribution in [3.05, 3.63) is 35.8 Å². The molecule has 1 unspecified atom stereocenters. The molecule has 2 aromatic heterocycles. The Balaban J connectivity index is 1.59. The van der Waals surface area contributed by atoms with Gasteiger partial charge >= 0.3 is 0 Å². The van der Waals surface area contributed by atoms with E-state index in [4.69, 9.17) is 14.5 Å².